The molecule has 0 atom stereocenters. The van der Waals surface area contributed by atoms with Gasteiger partial charge in [-0.05, 0) is 41.3 Å². The molecule has 0 rings (SSSR count). The number of hydrogen-bond donors (Lipinski definition) is 1. The summed E-state index contributed by atoms with van der Waals surface area (Å²) in [7, 11) is 7.68. The predicted molar refractivity (Wildman–Crippen MR) is 98.1 cm³/mol. The van der Waals surface area contributed by atoms with E-state index >= 15 is 0 Å². The van der Waals surface area contributed by atoms with E-state index in [0.29, 0.717) is 32.7 Å². The summed E-state index contributed by atoms with van der Waals surface area (Å²) >= 11 is 0. The molecule has 0 aliphatic carbocycles. The van der Waals surface area contributed by atoms with Gasteiger partial charge in [-0.1, -0.05) is 13.8 Å². The summed E-state index contributed by atoms with van der Waals surface area (Å²) in [6.07, 6.45) is 0. The van der Waals surface area contributed by atoms with E-state index in [1.54, 1.807) is 0 Å². The third kappa shape index (κ3) is 34.6. The zero-order valence-electron chi connectivity index (χ0n) is 16.6. The fraction of sp³-hybridized carbons (Fsp3) is 0.812. The fourth-order valence-electron chi connectivity index (χ4n) is 1.08. The first kappa shape index (κ1) is 28.1. The van der Waals surface area contributed by atoms with Crippen molar-refractivity contribution in [1.29, 1.82) is 0 Å². The number of ether oxygens (including phenoxy) is 2. The largest absolute Gasteiger partial charge is 0.467 e. The lowest BCUT2D eigenvalue weighted by atomic mass is 10.5. The maximum atomic E-state index is 10.1. The number of likely N-dealkylation sites (N-methyl/N-ethyl adjacent to an activating group) is 3. The van der Waals surface area contributed by atoms with Crippen LogP contribution in [0.15, 0.2) is 0 Å². The molecule has 0 bridgehead atoms. The minimum Gasteiger partial charge on any atom is -0.467 e. The SMILES string of the molecule is CCN(C)CC(N)=O.CCN(C)CCOC=O.CN(C)CCOC=O. The van der Waals surface area contributed by atoms with Crippen molar-refractivity contribution in [3.05, 3.63) is 0 Å². The fourth-order valence-corrected chi connectivity index (χ4v) is 1.08. The number of carbonyl (C=O) groups excluding carboxylic acids is 3. The van der Waals surface area contributed by atoms with E-state index in [1.807, 2.05) is 44.9 Å². The molecule has 0 fully saturated rings. The third-order valence-corrected chi connectivity index (χ3v) is 2.89. The zero-order valence-corrected chi connectivity index (χ0v) is 16.6. The van der Waals surface area contributed by atoms with Crippen LogP contribution >= 0.6 is 0 Å². The average Bonchev–Trinajstić information content (AvgIpc) is 2.55. The zero-order chi connectivity index (χ0) is 20.1. The number of nitrogens with two attached hydrogens (primary N) is 1. The predicted octanol–water partition coefficient (Wildman–Crippen LogP) is -0.744. The summed E-state index contributed by atoms with van der Waals surface area (Å²) in [6.45, 7) is 9.76. The van der Waals surface area contributed by atoms with Crippen molar-refractivity contribution in [1.82, 2.24) is 14.7 Å². The number of nitrogens with zero attached hydrogens (tertiary/aromatic N) is 3. The van der Waals surface area contributed by atoms with Gasteiger partial charge in [0.05, 0.1) is 6.54 Å². The van der Waals surface area contributed by atoms with E-state index in [0.717, 1.165) is 26.2 Å². The van der Waals surface area contributed by atoms with E-state index in [2.05, 4.69) is 21.3 Å². The van der Waals surface area contributed by atoms with Crippen molar-refractivity contribution < 1.29 is 23.9 Å². The van der Waals surface area contributed by atoms with Gasteiger partial charge in [0, 0.05) is 13.1 Å². The lowest BCUT2D eigenvalue weighted by Crippen LogP contribution is -2.30. The van der Waals surface area contributed by atoms with Crippen LogP contribution in [0, 0.1) is 0 Å². The van der Waals surface area contributed by atoms with Crippen molar-refractivity contribution in [3.8, 4) is 0 Å². The molecule has 0 aromatic carbocycles. The lowest BCUT2D eigenvalue weighted by Gasteiger charge is -2.11. The van der Waals surface area contributed by atoms with Crippen molar-refractivity contribution >= 4 is 18.9 Å². The third-order valence-electron chi connectivity index (χ3n) is 2.89. The molecule has 25 heavy (non-hydrogen) atoms. The molecule has 1 amide bonds. The Morgan fingerprint density at radius 2 is 1.32 bits per heavy atom. The van der Waals surface area contributed by atoms with E-state index in [1.165, 1.54) is 0 Å². The average molecular weight is 364 g/mol. The van der Waals surface area contributed by atoms with Crippen LogP contribution in [0.1, 0.15) is 13.8 Å². The summed E-state index contributed by atoms with van der Waals surface area (Å²) < 4.78 is 8.91. The van der Waals surface area contributed by atoms with Gasteiger partial charge in [-0.2, -0.15) is 0 Å². The van der Waals surface area contributed by atoms with Crippen LogP contribution in [-0.2, 0) is 23.9 Å². The van der Waals surface area contributed by atoms with Gasteiger partial charge in [-0.15, -0.1) is 0 Å². The molecular weight excluding hydrogens is 328 g/mol. The number of hydrogen-bond acceptors (Lipinski definition) is 8. The van der Waals surface area contributed by atoms with Gasteiger partial charge in [0.15, 0.2) is 0 Å². The van der Waals surface area contributed by atoms with Crippen LogP contribution < -0.4 is 5.73 Å². The minimum atomic E-state index is -0.269. The van der Waals surface area contributed by atoms with E-state index < -0.39 is 0 Å². The maximum Gasteiger partial charge on any atom is 0.293 e. The Balaban J connectivity index is -0.000000291. The molecule has 0 aliphatic rings. The number of rotatable bonds is 12. The summed E-state index contributed by atoms with van der Waals surface area (Å²) in [5.41, 5.74) is 4.89. The molecule has 0 heterocycles. The van der Waals surface area contributed by atoms with Gasteiger partial charge < -0.3 is 25.0 Å². The lowest BCUT2D eigenvalue weighted by molar-refractivity contribution is -0.129. The van der Waals surface area contributed by atoms with Gasteiger partial charge >= 0.3 is 0 Å². The summed E-state index contributed by atoms with van der Waals surface area (Å²) in [5.74, 6) is -0.269. The summed E-state index contributed by atoms with van der Waals surface area (Å²) in [4.78, 5) is 35.2. The van der Waals surface area contributed by atoms with E-state index in [9.17, 15) is 14.4 Å². The molecule has 9 nitrogen and oxygen atoms in total. The second-order valence-corrected chi connectivity index (χ2v) is 5.43. The standard InChI is InChI=1S/C6H13NO2.C5H12N2O.C5H11NO2/c1-3-7(2)4-5-9-6-8;1-3-7(2)4-5(6)8;1-6(2)3-4-8-5-7/h6H,3-5H2,1-2H3;3-4H2,1-2H3,(H2,6,8);5H,3-4H2,1-2H3. The van der Waals surface area contributed by atoms with Gasteiger partial charge in [-0.25, -0.2) is 0 Å². The first-order chi connectivity index (χ1) is 11.7. The molecule has 9 heteroatoms. The molecule has 150 valence electrons. The Bertz CT molecular complexity index is 317. The molecule has 0 aliphatic heterocycles. The second kappa shape index (κ2) is 22.3. The Kier molecular flexibility index (Phi) is 25.1. The van der Waals surface area contributed by atoms with Crippen molar-refractivity contribution in [2.24, 2.45) is 5.73 Å². The van der Waals surface area contributed by atoms with Crippen LogP contribution in [-0.4, -0.2) is 108 Å². The van der Waals surface area contributed by atoms with Gasteiger partial charge in [-0.3, -0.25) is 19.3 Å². The summed E-state index contributed by atoms with van der Waals surface area (Å²) in [5, 5.41) is 0. The first-order valence-corrected chi connectivity index (χ1v) is 8.15. The Labute approximate surface area is 152 Å². The Morgan fingerprint density at radius 1 is 0.880 bits per heavy atom. The molecule has 0 saturated heterocycles. The highest BCUT2D eigenvalue weighted by molar-refractivity contribution is 5.75. The van der Waals surface area contributed by atoms with Crippen molar-refractivity contribution in [2.75, 3.05) is 74.1 Å². The second-order valence-electron chi connectivity index (χ2n) is 5.43. The Hall–Kier alpha value is -1.71. The highest BCUT2D eigenvalue weighted by Gasteiger charge is 1.96. The monoisotopic (exact) mass is 364 g/mol. The molecule has 0 unspecified atom stereocenters. The highest BCUT2D eigenvalue weighted by Crippen LogP contribution is 1.79. The molecule has 0 aromatic rings. The van der Waals surface area contributed by atoms with E-state index in [4.69, 9.17) is 5.73 Å². The molecule has 0 saturated carbocycles. The molecule has 0 aromatic heterocycles. The van der Waals surface area contributed by atoms with E-state index in [-0.39, 0.29) is 5.91 Å². The minimum absolute atomic E-state index is 0.269. The van der Waals surface area contributed by atoms with Crippen LogP contribution in [0.2, 0.25) is 0 Å². The molecule has 0 spiro atoms. The van der Waals surface area contributed by atoms with Gasteiger partial charge in [0.1, 0.15) is 13.2 Å². The maximum absolute atomic E-state index is 10.1. The topological polar surface area (TPSA) is 105 Å². The molecular formula is C16H36N4O5. The van der Waals surface area contributed by atoms with Gasteiger partial charge in [0.2, 0.25) is 5.91 Å². The Morgan fingerprint density at radius 3 is 1.60 bits per heavy atom. The van der Waals surface area contributed by atoms with Crippen LogP contribution in [0.25, 0.3) is 0 Å². The first-order valence-electron chi connectivity index (χ1n) is 8.15. The smallest absolute Gasteiger partial charge is 0.293 e. The number of amides is 1. The molecule has 2 N–H and O–H groups in total. The van der Waals surface area contributed by atoms with Gasteiger partial charge in [0.25, 0.3) is 12.9 Å². The number of primary amides is 1. The number of carbonyl (C=O) groups is 3. The van der Waals surface area contributed by atoms with Crippen molar-refractivity contribution in [3.63, 3.8) is 0 Å². The highest BCUT2D eigenvalue weighted by atomic mass is 16.5. The van der Waals surface area contributed by atoms with Crippen LogP contribution in [0.3, 0.4) is 0 Å². The van der Waals surface area contributed by atoms with Crippen molar-refractivity contribution in [2.45, 2.75) is 13.8 Å². The normalized spacial score (nSPS) is 9.64. The quantitative estimate of drug-likeness (QED) is 0.356. The summed E-state index contributed by atoms with van der Waals surface area (Å²) in [6, 6.07) is 0. The van der Waals surface area contributed by atoms with Crippen LogP contribution in [0.4, 0.5) is 0 Å². The molecule has 0 radical (unpaired) electrons. The van der Waals surface area contributed by atoms with Crippen LogP contribution in [0.5, 0.6) is 0 Å².